The van der Waals surface area contributed by atoms with Gasteiger partial charge in [0.25, 0.3) is 0 Å². The molecule has 1 aromatic carbocycles. The maximum absolute atomic E-state index is 3.58. The second kappa shape index (κ2) is 4.50. The Balaban J connectivity index is 1.85. The molecule has 0 bridgehead atoms. The van der Waals surface area contributed by atoms with Gasteiger partial charge < -0.3 is 5.32 Å². The second-order valence-corrected chi connectivity index (χ2v) is 6.07. The van der Waals surface area contributed by atoms with E-state index in [1.807, 2.05) is 0 Å². The molecule has 0 aromatic heterocycles. The highest BCUT2D eigenvalue weighted by atomic mass is 79.9. The van der Waals surface area contributed by atoms with E-state index in [4.69, 9.17) is 0 Å². The lowest BCUT2D eigenvalue weighted by Crippen LogP contribution is -2.36. The Morgan fingerprint density at radius 2 is 2.06 bits per heavy atom. The van der Waals surface area contributed by atoms with Crippen LogP contribution >= 0.6 is 15.9 Å². The second-order valence-electron chi connectivity index (χ2n) is 5.16. The van der Waals surface area contributed by atoms with Crippen LogP contribution in [0.15, 0.2) is 28.7 Å². The normalized spacial score (nSPS) is 30.3. The van der Waals surface area contributed by atoms with Crippen molar-refractivity contribution in [3.63, 3.8) is 0 Å². The first-order valence-electron chi connectivity index (χ1n) is 6.31. The van der Waals surface area contributed by atoms with Crippen molar-refractivity contribution in [1.29, 1.82) is 0 Å². The van der Waals surface area contributed by atoms with Gasteiger partial charge in [-0.2, -0.15) is 0 Å². The molecule has 1 aromatic rings. The van der Waals surface area contributed by atoms with Gasteiger partial charge in [-0.25, -0.2) is 0 Å². The van der Waals surface area contributed by atoms with Gasteiger partial charge in [0.05, 0.1) is 0 Å². The van der Waals surface area contributed by atoms with Gasteiger partial charge in [0.1, 0.15) is 0 Å². The highest BCUT2D eigenvalue weighted by Gasteiger charge is 2.38. The smallest absolute Gasteiger partial charge is 0.0178 e. The maximum Gasteiger partial charge on any atom is 0.0178 e. The van der Waals surface area contributed by atoms with E-state index < -0.39 is 0 Å². The van der Waals surface area contributed by atoms with Gasteiger partial charge in [-0.3, -0.25) is 0 Å². The van der Waals surface area contributed by atoms with Crippen molar-refractivity contribution in [1.82, 2.24) is 5.32 Å². The molecule has 2 unspecified atom stereocenters. The summed E-state index contributed by atoms with van der Waals surface area (Å²) < 4.78 is 1.21. The standard InChI is InChI=1S/C14H18BrN/c15-12-3-1-2-11(8-12)14-9-16-7-6-13(14)10-4-5-10/h1-3,8,10,13-14,16H,4-7,9H2. The molecule has 16 heavy (non-hydrogen) atoms. The fourth-order valence-corrected chi connectivity index (χ4v) is 3.49. The zero-order valence-electron chi connectivity index (χ0n) is 9.45. The van der Waals surface area contributed by atoms with Gasteiger partial charge in [0.2, 0.25) is 0 Å². The maximum atomic E-state index is 3.58. The first kappa shape index (κ1) is 10.8. The number of piperidine rings is 1. The first-order valence-corrected chi connectivity index (χ1v) is 7.10. The van der Waals surface area contributed by atoms with E-state index in [1.165, 1.54) is 35.8 Å². The summed E-state index contributed by atoms with van der Waals surface area (Å²) in [7, 11) is 0. The molecule has 1 nitrogen and oxygen atoms in total. The molecular weight excluding hydrogens is 262 g/mol. The van der Waals surface area contributed by atoms with Crippen LogP contribution in [0, 0.1) is 11.8 Å². The molecule has 3 rings (SSSR count). The van der Waals surface area contributed by atoms with Gasteiger partial charge in [-0.1, -0.05) is 28.1 Å². The minimum atomic E-state index is 0.735. The van der Waals surface area contributed by atoms with Crippen LogP contribution < -0.4 is 5.32 Å². The van der Waals surface area contributed by atoms with E-state index in [1.54, 1.807) is 0 Å². The molecule has 0 spiro atoms. The Morgan fingerprint density at radius 3 is 2.81 bits per heavy atom. The molecule has 1 N–H and O–H groups in total. The summed E-state index contributed by atoms with van der Waals surface area (Å²) in [6, 6.07) is 8.87. The van der Waals surface area contributed by atoms with Crippen LogP contribution in [0.1, 0.15) is 30.7 Å². The van der Waals surface area contributed by atoms with Crippen LogP contribution in [-0.4, -0.2) is 13.1 Å². The van der Waals surface area contributed by atoms with Crippen molar-refractivity contribution in [3.05, 3.63) is 34.3 Å². The molecule has 1 saturated heterocycles. The molecule has 86 valence electrons. The quantitative estimate of drug-likeness (QED) is 0.873. The van der Waals surface area contributed by atoms with Crippen LogP contribution in [0.25, 0.3) is 0 Å². The highest BCUT2D eigenvalue weighted by Crippen LogP contribution is 2.46. The highest BCUT2D eigenvalue weighted by molar-refractivity contribution is 9.10. The molecule has 2 atom stereocenters. The van der Waals surface area contributed by atoms with Crippen LogP contribution in [0.2, 0.25) is 0 Å². The van der Waals surface area contributed by atoms with Gasteiger partial charge in [-0.15, -0.1) is 0 Å². The van der Waals surface area contributed by atoms with Crippen molar-refractivity contribution in [2.45, 2.75) is 25.2 Å². The number of hydrogen-bond acceptors (Lipinski definition) is 1. The summed E-state index contributed by atoms with van der Waals surface area (Å²) in [5, 5.41) is 3.55. The summed E-state index contributed by atoms with van der Waals surface area (Å²) >= 11 is 3.58. The first-order chi connectivity index (χ1) is 7.84. The van der Waals surface area contributed by atoms with Gasteiger partial charge in [0, 0.05) is 11.0 Å². The molecular formula is C14H18BrN. The Labute approximate surface area is 106 Å². The number of rotatable bonds is 2. The minimum Gasteiger partial charge on any atom is -0.316 e. The third kappa shape index (κ3) is 2.18. The Morgan fingerprint density at radius 1 is 1.19 bits per heavy atom. The van der Waals surface area contributed by atoms with Crippen LogP contribution in [-0.2, 0) is 0 Å². The van der Waals surface area contributed by atoms with Crippen LogP contribution in [0.5, 0.6) is 0 Å². The minimum absolute atomic E-state index is 0.735. The zero-order valence-corrected chi connectivity index (χ0v) is 11.0. The summed E-state index contributed by atoms with van der Waals surface area (Å²) in [6.45, 7) is 2.38. The fourth-order valence-electron chi connectivity index (χ4n) is 3.07. The molecule has 0 radical (unpaired) electrons. The topological polar surface area (TPSA) is 12.0 Å². The largest absolute Gasteiger partial charge is 0.316 e. The summed E-state index contributed by atoms with van der Waals surface area (Å²) in [5.74, 6) is 2.68. The molecule has 2 heteroatoms. The van der Waals surface area contributed by atoms with E-state index in [-0.39, 0.29) is 0 Å². The van der Waals surface area contributed by atoms with Crippen LogP contribution in [0.3, 0.4) is 0 Å². The SMILES string of the molecule is Brc1cccc(C2CNCCC2C2CC2)c1. The summed E-state index contributed by atoms with van der Waals surface area (Å²) in [6.07, 6.45) is 4.30. The van der Waals surface area contributed by atoms with E-state index in [0.717, 1.165) is 24.3 Å². The average molecular weight is 280 g/mol. The average Bonchev–Trinajstić information content (AvgIpc) is 3.13. The predicted molar refractivity (Wildman–Crippen MR) is 70.6 cm³/mol. The predicted octanol–water partition coefficient (Wildman–Crippen LogP) is 3.55. The molecule has 1 aliphatic carbocycles. The molecule has 0 amide bonds. The third-order valence-corrected chi connectivity index (χ3v) is 4.53. The van der Waals surface area contributed by atoms with Gasteiger partial charge >= 0.3 is 0 Å². The van der Waals surface area contributed by atoms with E-state index >= 15 is 0 Å². The van der Waals surface area contributed by atoms with Crippen molar-refractivity contribution >= 4 is 15.9 Å². The molecule has 1 aliphatic heterocycles. The Hall–Kier alpha value is -0.340. The lowest BCUT2D eigenvalue weighted by molar-refractivity contribution is 0.290. The zero-order chi connectivity index (χ0) is 11.0. The van der Waals surface area contributed by atoms with Crippen molar-refractivity contribution in [2.24, 2.45) is 11.8 Å². The van der Waals surface area contributed by atoms with E-state index in [9.17, 15) is 0 Å². The van der Waals surface area contributed by atoms with E-state index in [0.29, 0.717) is 0 Å². The Bertz CT molecular complexity index is 373. The van der Waals surface area contributed by atoms with Crippen molar-refractivity contribution < 1.29 is 0 Å². The van der Waals surface area contributed by atoms with Gasteiger partial charge in [0.15, 0.2) is 0 Å². The van der Waals surface area contributed by atoms with Crippen molar-refractivity contribution in [2.75, 3.05) is 13.1 Å². The molecule has 2 aliphatic rings. The summed E-state index contributed by atoms with van der Waals surface area (Å²) in [4.78, 5) is 0. The fraction of sp³-hybridized carbons (Fsp3) is 0.571. The summed E-state index contributed by atoms with van der Waals surface area (Å²) in [5.41, 5.74) is 1.51. The number of nitrogens with one attached hydrogen (secondary N) is 1. The molecule has 2 fully saturated rings. The molecule has 1 heterocycles. The third-order valence-electron chi connectivity index (χ3n) is 4.04. The number of benzene rings is 1. The number of hydrogen-bond donors (Lipinski definition) is 1. The monoisotopic (exact) mass is 279 g/mol. The molecule has 1 saturated carbocycles. The lowest BCUT2D eigenvalue weighted by atomic mass is 9.78. The van der Waals surface area contributed by atoms with Crippen molar-refractivity contribution in [3.8, 4) is 0 Å². The van der Waals surface area contributed by atoms with E-state index in [2.05, 4.69) is 45.5 Å². The number of halogens is 1. The Kier molecular flexibility index (Phi) is 3.03. The lowest BCUT2D eigenvalue weighted by Gasteiger charge is -2.33. The van der Waals surface area contributed by atoms with Gasteiger partial charge in [-0.05, 0) is 61.3 Å². The van der Waals surface area contributed by atoms with Crippen LogP contribution in [0.4, 0.5) is 0 Å².